The number of H-pyrrole nitrogens is 1. The molecule has 0 radical (unpaired) electrons. The van der Waals surface area contributed by atoms with Crippen molar-refractivity contribution in [2.24, 2.45) is 0 Å². The highest BCUT2D eigenvalue weighted by Crippen LogP contribution is 2.32. The fraction of sp³-hybridized carbons (Fsp3) is 0.278. The molecule has 1 saturated heterocycles. The molecule has 0 aliphatic carbocycles. The van der Waals surface area contributed by atoms with Gasteiger partial charge >= 0.3 is 0 Å². The molecule has 1 aliphatic rings. The van der Waals surface area contributed by atoms with Gasteiger partial charge in [-0.2, -0.15) is 0 Å². The maximum Gasteiger partial charge on any atom is 0.225 e. The summed E-state index contributed by atoms with van der Waals surface area (Å²) in [5.41, 5.74) is 5.45. The lowest BCUT2D eigenvalue weighted by molar-refractivity contribution is -0.116. The van der Waals surface area contributed by atoms with Crippen LogP contribution < -0.4 is 10.6 Å². The van der Waals surface area contributed by atoms with Crippen LogP contribution in [0.2, 0.25) is 0 Å². The molecule has 4 aromatic carbocycles. The number of rotatable bonds is 9. The SMILES string of the molecule is Cc1cc2nc([C@@H]3CO[C@H](CCc4c(F)cccc4NC(=O)C[C@@H](c4ccc(F)cc4)c4ccc(F)cc4F)CN3)[nH]c2cc1C. The van der Waals surface area contributed by atoms with E-state index < -0.39 is 35.1 Å². The molecular weight excluding hydrogens is 596 g/mol. The standard InChI is InChI=1S/C36H34F4N4O2/c1-20-14-32-33(15-21(20)2)44-36(43-32)34-19-46-25(18-41-34)11-13-27-29(39)4-3-5-31(27)42-35(45)17-28(22-6-8-23(37)9-7-22)26-12-10-24(38)16-30(26)40/h3-10,12,14-16,25,28,34,41H,11,13,17-19H2,1-2H3,(H,42,45)(H,43,44)/t25-,28+,34+/m1/s1. The average Bonchev–Trinajstić information content (AvgIpc) is 3.43. The van der Waals surface area contributed by atoms with Crippen LogP contribution in [0.5, 0.6) is 0 Å². The number of fused-ring (bicyclic) bond motifs is 1. The number of imidazole rings is 1. The molecule has 0 bridgehead atoms. The number of halogens is 4. The summed E-state index contributed by atoms with van der Waals surface area (Å²) < 4.78 is 63.3. The van der Waals surface area contributed by atoms with Gasteiger partial charge in [-0.25, -0.2) is 22.5 Å². The van der Waals surface area contributed by atoms with Crippen molar-refractivity contribution in [1.29, 1.82) is 0 Å². The molecule has 1 aromatic heterocycles. The molecular formula is C36H34F4N4O2. The van der Waals surface area contributed by atoms with Crippen LogP contribution in [0.1, 0.15) is 58.4 Å². The van der Waals surface area contributed by atoms with Crippen molar-refractivity contribution in [1.82, 2.24) is 15.3 Å². The highest BCUT2D eigenvalue weighted by Gasteiger charge is 2.26. The highest BCUT2D eigenvalue weighted by atomic mass is 19.1. The van der Waals surface area contributed by atoms with Gasteiger partial charge in [0, 0.05) is 36.2 Å². The fourth-order valence-electron chi connectivity index (χ4n) is 5.95. The number of benzene rings is 4. The summed E-state index contributed by atoms with van der Waals surface area (Å²) in [6.07, 6.45) is 0.386. The summed E-state index contributed by atoms with van der Waals surface area (Å²) in [6.45, 7) is 5.06. The van der Waals surface area contributed by atoms with Crippen LogP contribution in [-0.2, 0) is 16.0 Å². The van der Waals surface area contributed by atoms with Gasteiger partial charge in [0.1, 0.15) is 29.1 Å². The van der Waals surface area contributed by atoms with Crippen molar-refractivity contribution < 1.29 is 27.1 Å². The summed E-state index contributed by atoms with van der Waals surface area (Å²) in [5.74, 6) is -3.04. The second-order valence-corrected chi connectivity index (χ2v) is 11.8. The van der Waals surface area contributed by atoms with Crippen molar-refractivity contribution in [2.75, 3.05) is 18.5 Å². The minimum absolute atomic E-state index is 0.0933. The van der Waals surface area contributed by atoms with Crippen LogP contribution >= 0.6 is 0 Å². The minimum atomic E-state index is -0.826. The number of aryl methyl sites for hydroxylation is 2. The van der Waals surface area contributed by atoms with E-state index in [-0.39, 0.29) is 24.1 Å². The second-order valence-electron chi connectivity index (χ2n) is 11.8. The third-order valence-electron chi connectivity index (χ3n) is 8.65. The predicted octanol–water partition coefficient (Wildman–Crippen LogP) is 7.56. The number of amides is 1. The molecule has 1 fully saturated rings. The number of aromatic nitrogens is 2. The Bertz CT molecular complexity index is 1830. The third-order valence-corrected chi connectivity index (χ3v) is 8.65. The molecule has 46 heavy (non-hydrogen) atoms. The summed E-state index contributed by atoms with van der Waals surface area (Å²) in [5, 5.41) is 6.26. The zero-order chi connectivity index (χ0) is 32.4. The third kappa shape index (κ3) is 6.98. The number of anilines is 1. The number of nitrogens with zero attached hydrogens (tertiary/aromatic N) is 1. The topological polar surface area (TPSA) is 79.0 Å². The van der Waals surface area contributed by atoms with Crippen molar-refractivity contribution >= 4 is 22.6 Å². The number of ether oxygens (including phenoxy) is 1. The summed E-state index contributed by atoms with van der Waals surface area (Å²) in [7, 11) is 0. The zero-order valence-electron chi connectivity index (χ0n) is 25.5. The Morgan fingerprint density at radius 2 is 1.72 bits per heavy atom. The fourth-order valence-corrected chi connectivity index (χ4v) is 5.95. The van der Waals surface area contributed by atoms with E-state index in [4.69, 9.17) is 9.72 Å². The van der Waals surface area contributed by atoms with E-state index in [9.17, 15) is 18.0 Å². The lowest BCUT2D eigenvalue weighted by atomic mass is 9.87. The van der Waals surface area contributed by atoms with Gasteiger partial charge in [-0.15, -0.1) is 0 Å². The molecule has 6 nitrogen and oxygen atoms in total. The molecule has 3 N–H and O–H groups in total. The Morgan fingerprint density at radius 1 is 0.957 bits per heavy atom. The smallest absolute Gasteiger partial charge is 0.225 e. The maximum absolute atomic E-state index is 15.1. The Labute approximate surface area is 264 Å². The van der Waals surface area contributed by atoms with Gasteiger partial charge in [0.05, 0.1) is 29.8 Å². The number of morpholine rings is 1. The van der Waals surface area contributed by atoms with Gasteiger partial charge in [-0.3, -0.25) is 4.79 Å². The van der Waals surface area contributed by atoms with Gasteiger partial charge < -0.3 is 20.4 Å². The van der Waals surface area contributed by atoms with Crippen LogP contribution in [0.4, 0.5) is 23.2 Å². The van der Waals surface area contributed by atoms with Gasteiger partial charge in [-0.05, 0) is 91.4 Å². The number of nitrogens with one attached hydrogen (secondary N) is 3. The van der Waals surface area contributed by atoms with Crippen molar-refractivity contribution in [3.8, 4) is 0 Å². The van der Waals surface area contributed by atoms with Crippen LogP contribution in [0, 0.1) is 37.1 Å². The lowest BCUT2D eigenvalue weighted by Gasteiger charge is -2.29. The van der Waals surface area contributed by atoms with E-state index in [0.717, 1.165) is 29.0 Å². The molecule has 238 valence electrons. The highest BCUT2D eigenvalue weighted by molar-refractivity contribution is 5.92. The molecule has 5 aromatic rings. The number of hydrogen-bond donors (Lipinski definition) is 3. The normalized spacial score (nSPS) is 17.3. The van der Waals surface area contributed by atoms with Crippen molar-refractivity contribution in [3.63, 3.8) is 0 Å². The van der Waals surface area contributed by atoms with Gasteiger partial charge in [0.25, 0.3) is 0 Å². The first-order valence-electron chi connectivity index (χ1n) is 15.2. The zero-order valence-corrected chi connectivity index (χ0v) is 25.5. The number of hydrogen-bond acceptors (Lipinski definition) is 4. The van der Waals surface area contributed by atoms with E-state index >= 15 is 4.39 Å². The van der Waals surface area contributed by atoms with Crippen LogP contribution in [0.15, 0.2) is 72.8 Å². The first-order valence-corrected chi connectivity index (χ1v) is 15.2. The number of aromatic amines is 1. The van der Waals surface area contributed by atoms with Gasteiger partial charge in [0.2, 0.25) is 5.91 Å². The first-order chi connectivity index (χ1) is 22.1. The predicted molar refractivity (Wildman–Crippen MR) is 169 cm³/mol. The number of carbonyl (C=O) groups is 1. The average molecular weight is 631 g/mol. The van der Waals surface area contributed by atoms with Crippen LogP contribution in [0.3, 0.4) is 0 Å². The summed E-state index contributed by atoms with van der Waals surface area (Å²) in [6, 6.07) is 17.0. The minimum Gasteiger partial charge on any atom is -0.375 e. The molecule has 0 unspecified atom stereocenters. The van der Waals surface area contributed by atoms with E-state index in [2.05, 4.69) is 41.6 Å². The molecule has 1 amide bonds. The Morgan fingerprint density at radius 3 is 2.46 bits per heavy atom. The van der Waals surface area contributed by atoms with Crippen LogP contribution in [-0.4, -0.2) is 35.1 Å². The van der Waals surface area contributed by atoms with E-state index in [1.54, 1.807) is 6.07 Å². The Hall–Kier alpha value is -4.54. The van der Waals surface area contributed by atoms with Crippen LogP contribution in [0.25, 0.3) is 11.0 Å². The Kier molecular flexibility index (Phi) is 9.19. The largest absolute Gasteiger partial charge is 0.375 e. The maximum atomic E-state index is 15.1. The molecule has 1 aliphatic heterocycles. The molecule has 3 atom stereocenters. The number of carbonyl (C=O) groups excluding carboxylic acids is 1. The quantitative estimate of drug-likeness (QED) is 0.147. The van der Waals surface area contributed by atoms with E-state index in [1.807, 2.05) is 0 Å². The van der Waals surface area contributed by atoms with Crippen molar-refractivity contribution in [3.05, 3.63) is 130 Å². The summed E-state index contributed by atoms with van der Waals surface area (Å²) in [4.78, 5) is 21.4. The van der Waals surface area contributed by atoms with Gasteiger partial charge in [0.15, 0.2) is 0 Å². The molecule has 0 spiro atoms. The van der Waals surface area contributed by atoms with Gasteiger partial charge in [-0.1, -0.05) is 24.3 Å². The van der Waals surface area contributed by atoms with E-state index in [1.165, 1.54) is 53.6 Å². The molecule has 10 heteroatoms. The molecule has 2 heterocycles. The monoisotopic (exact) mass is 630 g/mol. The molecule has 0 saturated carbocycles. The Balaban J connectivity index is 1.11. The van der Waals surface area contributed by atoms with Crippen molar-refractivity contribution in [2.45, 2.75) is 51.2 Å². The first kappa shape index (κ1) is 31.4. The lowest BCUT2D eigenvalue weighted by Crippen LogP contribution is -2.41. The molecule has 6 rings (SSSR count). The second kappa shape index (κ2) is 13.4. The van der Waals surface area contributed by atoms with E-state index in [0.29, 0.717) is 42.8 Å². The summed E-state index contributed by atoms with van der Waals surface area (Å²) >= 11 is 0.